The van der Waals surface area contributed by atoms with Crippen LogP contribution in [0.3, 0.4) is 0 Å². The highest BCUT2D eigenvalue weighted by Gasteiger charge is 2.20. The molecule has 0 saturated heterocycles. The molecule has 0 aliphatic carbocycles. The van der Waals surface area contributed by atoms with Crippen LogP contribution >= 0.6 is 0 Å². The first kappa shape index (κ1) is 16.8. The highest BCUT2D eigenvalue weighted by Crippen LogP contribution is 2.31. The Morgan fingerprint density at radius 2 is 1.95 bits per heavy atom. The van der Waals surface area contributed by atoms with Crippen molar-refractivity contribution in [3.05, 3.63) is 23.8 Å². The lowest BCUT2D eigenvalue weighted by atomic mass is 10.0. The Hall–Kier alpha value is -1.30. The zero-order valence-electron chi connectivity index (χ0n) is 12.9. The summed E-state index contributed by atoms with van der Waals surface area (Å²) >= 11 is 0. The number of benzene rings is 1. The van der Waals surface area contributed by atoms with Gasteiger partial charge < -0.3 is 19.9 Å². The molecular weight excluding hydrogens is 256 g/mol. The number of hydrogen-bond acceptors (Lipinski definition) is 5. The van der Waals surface area contributed by atoms with Crippen LogP contribution < -0.4 is 15.2 Å². The van der Waals surface area contributed by atoms with Gasteiger partial charge in [-0.15, -0.1) is 0 Å². The Morgan fingerprint density at radius 3 is 2.50 bits per heavy atom. The van der Waals surface area contributed by atoms with E-state index in [0.29, 0.717) is 6.54 Å². The van der Waals surface area contributed by atoms with Crippen LogP contribution in [0.15, 0.2) is 18.2 Å². The second-order valence-corrected chi connectivity index (χ2v) is 4.69. The van der Waals surface area contributed by atoms with E-state index in [1.807, 2.05) is 18.2 Å². The zero-order valence-corrected chi connectivity index (χ0v) is 12.9. The molecule has 1 rings (SSSR count). The molecule has 1 aromatic carbocycles. The summed E-state index contributed by atoms with van der Waals surface area (Å²) in [6.45, 7) is 2.18. The minimum absolute atomic E-state index is 0.0944. The molecule has 0 fully saturated rings. The predicted octanol–water partition coefficient (Wildman–Crippen LogP) is 1.67. The molecule has 2 N–H and O–H groups in total. The molecule has 0 spiro atoms. The molecule has 0 bridgehead atoms. The number of nitrogens with zero attached hydrogens (tertiary/aromatic N) is 1. The molecule has 0 heterocycles. The highest BCUT2D eigenvalue weighted by molar-refractivity contribution is 5.42. The van der Waals surface area contributed by atoms with Gasteiger partial charge in [-0.05, 0) is 31.7 Å². The van der Waals surface area contributed by atoms with Crippen LogP contribution in [0.1, 0.15) is 18.0 Å². The monoisotopic (exact) mass is 282 g/mol. The summed E-state index contributed by atoms with van der Waals surface area (Å²) in [7, 11) is 7.10. The van der Waals surface area contributed by atoms with E-state index < -0.39 is 0 Å². The third-order valence-electron chi connectivity index (χ3n) is 3.41. The summed E-state index contributed by atoms with van der Waals surface area (Å²) in [5, 5.41) is 0. The number of methoxy groups -OCH3 is 3. The van der Waals surface area contributed by atoms with Crippen LogP contribution in [0, 0.1) is 0 Å². The van der Waals surface area contributed by atoms with Gasteiger partial charge in [0.05, 0.1) is 20.3 Å². The van der Waals surface area contributed by atoms with Crippen LogP contribution in [-0.2, 0) is 4.74 Å². The number of rotatable bonds is 9. The molecule has 1 unspecified atom stereocenters. The van der Waals surface area contributed by atoms with Crippen LogP contribution in [0.4, 0.5) is 0 Å². The normalized spacial score (nSPS) is 12.5. The van der Waals surface area contributed by atoms with Gasteiger partial charge in [0.2, 0.25) is 0 Å². The van der Waals surface area contributed by atoms with Gasteiger partial charge in [0, 0.05) is 32.4 Å². The summed E-state index contributed by atoms with van der Waals surface area (Å²) in [4.78, 5) is 2.22. The van der Waals surface area contributed by atoms with E-state index in [4.69, 9.17) is 19.9 Å². The van der Waals surface area contributed by atoms with Crippen molar-refractivity contribution in [2.75, 3.05) is 48.1 Å². The van der Waals surface area contributed by atoms with Gasteiger partial charge in [-0.2, -0.15) is 0 Å². The first-order valence-corrected chi connectivity index (χ1v) is 6.79. The quantitative estimate of drug-likeness (QED) is 0.698. The summed E-state index contributed by atoms with van der Waals surface area (Å²) in [5.41, 5.74) is 7.01. The second-order valence-electron chi connectivity index (χ2n) is 4.69. The molecule has 5 heteroatoms. The molecule has 0 aliphatic heterocycles. The van der Waals surface area contributed by atoms with Crippen molar-refractivity contribution in [1.82, 2.24) is 4.90 Å². The molecule has 0 amide bonds. The molecule has 5 nitrogen and oxygen atoms in total. The van der Waals surface area contributed by atoms with Crippen molar-refractivity contribution in [1.29, 1.82) is 0 Å². The zero-order chi connectivity index (χ0) is 15.0. The highest BCUT2D eigenvalue weighted by atomic mass is 16.5. The SMILES string of the molecule is COCCCN(C)C(CN)c1cc(OC)ccc1OC. The van der Waals surface area contributed by atoms with Crippen molar-refractivity contribution in [2.45, 2.75) is 12.5 Å². The molecule has 1 aromatic rings. The Kier molecular flexibility index (Phi) is 7.36. The van der Waals surface area contributed by atoms with Gasteiger partial charge >= 0.3 is 0 Å². The van der Waals surface area contributed by atoms with Crippen molar-refractivity contribution in [3.8, 4) is 11.5 Å². The Morgan fingerprint density at radius 1 is 1.20 bits per heavy atom. The number of ether oxygens (including phenoxy) is 3. The summed E-state index contributed by atoms with van der Waals surface area (Å²) in [6, 6.07) is 5.89. The average molecular weight is 282 g/mol. The molecule has 20 heavy (non-hydrogen) atoms. The third-order valence-corrected chi connectivity index (χ3v) is 3.41. The van der Waals surface area contributed by atoms with E-state index in [9.17, 15) is 0 Å². The molecule has 0 aliphatic rings. The maximum atomic E-state index is 5.96. The summed E-state index contributed by atoms with van der Waals surface area (Å²) in [6.07, 6.45) is 0.968. The first-order chi connectivity index (χ1) is 9.67. The van der Waals surface area contributed by atoms with Crippen LogP contribution in [0.25, 0.3) is 0 Å². The van der Waals surface area contributed by atoms with E-state index in [2.05, 4.69) is 11.9 Å². The third kappa shape index (κ3) is 4.37. The maximum absolute atomic E-state index is 5.96. The average Bonchev–Trinajstić information content (AvgIpc) is 2.48. The Labute approximate surface area is 121 Å². The minimum Gasteiger partial charge on any atom is -0.497 e. The molecule has 0 saturated carbocycles. The lowest BCUT2D eigenvalue weighted by Gasteiger charge is -2.28. The van der Waals surface area contributed by atoms with Crippen molar-refractivity contribution in [2.24, 2.45) is 5.73 Å². The molecule has 1 atom stereocenters. The van der Waals surface area contributed by atoms with Gasteiger partial charge in [0.15, 0.2) is 0 Å². The van der Waals surface area contributed by atoms with Crippen molar-refractivity contribution in [3.63, 3.8) is 0 Å². The lowest BCUT2D eigenvalue weighted by molar-refractivity contribution is 0.165. The smallest absolute Gasteiger partial charge is 0.123 e. The van der Waals surface area contributed by atoms with E-state index >= 15 is 0 Å². The fourth-order valence-electron chi connectivity index (χ4n) is 2.26. The van der Waals surface area contributed by atoms with Crippen LogP contribution in [-0.4, -0.2) is 53.0 Å². The predicted molar refractivity (Wildman–Crippen MR) is 80.5 cm³/mol. The van der Waals surface area contributed by atoms with Crippen molar-refractivity contribution >= 4 is 0 Å². The second kappa shape index (κ2) is 8.79. The van der Waals surface area contributed by atoms with Gasteiger partial charge in [0.25, 0.3) is 0 Å². The van der Waals surface area contributed by atoms with Gasteiger partial charge in [-0.3, -0.25) is 4.90 Å². The molecule has 0 radical (unpaired) electrons. The first-order valence-electron chi connectivity index (χ1n) is 6.79. The molecule has 114 valence electrons. The van der Waals surface area contributed by atoms with E-state index in [0.717, 1.165) is 36.6 Å². The standard InChI is InChI=1S/C15H26N2O3/c1-17(8-5-9-18-2)14(11-16)13-10-12(19-3)6-7-15(13)20-4/h6-7,10,14H,5,8-9,11,16H2,1-4H3. The number of nitrogens with two attached hydrogens (primary N) is 1. The molecular formula is C15H26N2O3. The fourth-order valence-corrected chi connectivity index (χ4v) is 2.26. The number of hydrogen-bond donors (Lipinski definition) is 1. The topological polar surface area (TPSA) is 57.0 Å². The van der Waals surface area contributed by atoms with Gasteiger partial charge in [0.1, 0.15) is 11.5 Å². The van der Waals surface area contributed by atoms with E-state index in [1.54, 1.807) is 21.3 Å². The van der Waals surface area contributed by atoms with Gasteiger partial charge in [-0.25, -0.2) is 0 Å². The number of likely N-dealkylation sites (N-methyl/N-ethyl adjacent to an activating group) is 1. The summed E-state index contributed by atoms with van der Waals surface area (Å²) in [5.74, 6) is 1.64. The summed E-state index contributed by atoms with van der Waals surface area (Å²) < 4.78 is 15.8. The minimum atomic E-state index is 0.0944. The van der Waals surface area contributed by atoms with E-state index in [-0.39, 0.29) is 6.04 Å². The lowest BCUT2D eigenvalue weighted by Crippen LogP contribution is -2.32. The maximum Gasteiger partial charge on any atom is 0.123 e. The Bertz CT molecular complexity index is 399. The van der Waals surface area contributed by atoms with Crippen LogP contribution in [0.2, 0.25) is 0 Å². The van der Waals surface area contributed by atoms with Crippen LogP contribution in [0.5, 0.6) is 11.5 Å². The molecule has 0 aromatic heterocycles. The largest absolute Gasteiger partial charge is 0.497 e. The van der Waals surface area contributed by atoms with Crippen molar-refractivity contribution < 1.29 is 14.2 Å². The van der Waals surface area contributed by atoms with Gasteiger partial charge in [-0.1, -0.05) is 0 Å². The van der Waals surface area contributed by atoms with E-state index in [1.165, 1.54) is 0 Å². The fraction of sp³-hybridized carbons (Fsp3) is 0.600. The Balaban J connectivity index is 2.91.